The van der Waals surface area contributed by atoms with Gasteiger partial charge in [-0.05, 0) is 41.3 Å². The van der Waals surface area contributed by atoms with Crippen LogP contribution < -0.4 is 4.43 Å². The first-order valence-electron chi connectivity index (χ1n) is 7.63. The monoisotopic (exact) mass is 379 g/mol. The molecule has 0 bridgehead atoms. The number of aromatic nitrogens is 2. The molecule has 0 radical (unpaired) electrons. The number of halogens is 1. The molecule has 126 valence electrons. The number of nitriles is 1. The lowest BCUT2D eigenvalue weighted by atomic mass is 10.1. The second kappa shape index (κ2) is 6.30. The van der Waals surface area contributed by atoms with Gasteiger partial charge in [0.1, 0.15) is 11.6 Å². The van der Waals surface area contributed by atoms with E-state index in [0.29, 0.717) is 19.7 Å². The van der Waals surface area contributed by atoms with Gasteiger partial charge in [-0.1, -0.05) is 29.8 Å². The molecule has 0 fully saturated rings. The zero-order valence-corrected chi connectivity index (χ0v) is 14.8. The van der Waals surface area contributed by atoms with Gasteiger partial charge in [0, 0.05) is 20.9 Å². The average Bonchev–Trinajstić information content (AvgIpc) is 3.19. The van der Waals surface area contributed by atoms with E-state index in [0.717, 1.165) is 10.4 Å². The number of hydrogen-bond donors (Lipinski definition) is 0. The molecule has 2 aromatic heterocycles. The zero-order chi connectivity index (χ0) is 18.3. The van der Waals surface area contributed by atoms with Gasteiger partial charge in [-0.25, -0.2) is 0 Å². The maximum absolute atomic E-state index is 12.9. The maximum atomic E-state index is 12.9. The third-order valence-corrected chi connectivity index (χ3v) is 5.23. The van der Waals surface area contributed by atoms with Gasteiger partial charge in [-0.15, -0.1) is 11.3 Å². The fourth-order valence-corrected chi connectivity index (χ4v) is 3.75. The normalized spacial score (nSPS) is 10.8. The summed E-state index contributed by atoms with van der Waals surface area (Å²) in [7, 11) is 0. The Kier molecular flexibility index (Phi) is 3.96. The smallest absolute Gasteiger partial charge is 0.304 e. The molecule has 4 aromatic rings. The Labute approximate surface area is 157 Å². The average molecular weight is 380 g/mol. The Morgan fingerprint density at radius 1 is 1.12 bits per heavy atom. The Morgan fingerprint density at radius 2 is 1.85 bits per heavy atom. The van der Waals surface area contributed by atoms with Crippen molar-refractivity contribution >= 4 is 34.0 Å². The van der Waals surface area contributed by atoms with E-state index in [1.54, 1.807) is 23.5 Å². The highest BCUT2D eigenvalue weighted by molar-refractivity contribution is 7.13. The summed E-state index contributed by atoms with van der Waals surface area (Å²) >= 11 is 7.52. The predicted molar refractivity (Wildman–Crippen MR) is 103 cm³/mol. The van der Waals surface area contributed by atoms with Crippen molar-refractivity contribution in [2.24, 2.45) is 0 Å². The molecule has 0 saturated heterocycles. The minimum absolute atomic E-state index is 0.0232. The number of fused-ring (bicyclic) bond motifs is 1. The van der Waals surface area contributed by atoms with Crippen LogP contribution in [0.4, 0.5) is 0 Å². The predicted octanol–water partition coefficient (Wildman–Crippen LogP) is 4.82. The van der Waals surface area contributed by atoms with Gasteiger partial charge in [-0.3, -0.25) is 0 Å². The summed E-state index contributed by atoms with van der Waals surface area (Å²) in [6.07, 6.45) is 0. The first kappa shape index (κ1) is 16.3. The van der Waals surface area contributed by atoms with Gasteiger partial charge in [-0.2, -0.15) is 5.26 Å². The number of nitrogens with zero attached hydrogens (tertiary/aromatic N) is 3. The minimum atomic E-state index is -0.265. The molecule has 0 aliphatic carbocycles. The summed E-state index contributed by atoms with van der Waals surface area (Å²) in [5.41, 5.74) is 1.47. The lowest BCUT2D eigenvalue weighted by Gasteiger charge is -2.15. The van der Waals surface area contributed by atoms with E-state index < -0.39 is 0 Å². The summed E-state index contributed by atoms with van der Waals surface area (Å²) in [6, 6.07) is 17.4. The van der Waals surface area contributed by atoms with Crippen LogP contribution in [0.5, 0.6) is 0 Å². The van der Waals surface area contributed by atoms with Crippen LogP contribution in [0.2, 0.25) is 5.02 Å². The largest absolute Gasteiger partial charge is 0.804 e. The van der Waals surface area contributed by atoms with Gasteiger partial charge in [0.15, 0.2) is 5.69 Å². The Balaban J connectivity index is 1.97. The first-order chi connectivity index (χ1) is 12.6. The number of hydrogen-bond acceptors (Lipinski definition) is 4. The highest BCUT2D eigenvalue weighted by atomic mass is 35.5. The molecule has 26 heavy (non-hydrogen) atoms. The standard InChI is InChI=1S/C19H10ClN3O2S/c20-14-7-8-15-16(10-14)22(24)17(11-21)19(23(15)25)13-5-3-12(4-6-13)18-2-1-9-26-18/h1-10H. The molecule has 2 aromatic carbocycles. The third-order valence-electron chi connectivity index (χ3n) is 4.08. The van der Waals surface area contributed by atoms with Crippen LogP contribution in [0.25, 0.3) is 32.7 Å². The van der Waals surface area contributed by atoms with Crippen LogP contribution in [-0.2, 0) is 0 Å². The maximum Gasteiger partial charge on any atom is 0.304 e. The molecule has 0 atom stereocenters. The second-order valence-electron chi connectivity index (χ2n) is 5.59. The van der Waals surface area contributed by atoms with E-state index in [-0.39, 0.29) is 22.4 Å². The van der Waals surface area contributed by atoms with Crippen LogP contribution in [-0.4, -0.2) is 4.73 Å². The number of benzene rings is 2. The highest BCUT2D eigenvalue weighted by Crippen LogP contribution is 2.29. The van der Waals surface area contributed by atoms with Gasteiger partial charge in [0.25, 0.3) is 5.52 Å². The number of rotatable bonds is 2. The molecule has 2 heterocycles. The topological polar surface area (TPSA) is 74.8 Å². The van der Waals surface area contributed by atoms with E-state index in [1.165, 1.54) is 18.2 Å². The quantitative estimate of drug-likeness (QED) is 0.468. The van der Waals surface area contributed by atoms with Crippen molar-refractivity contribution in [1.29, 1.82) is 5.26 Å². The zero-order valence-electron chi connectivity index (χ0n) is 13.2. The molecule has 0 saturated carbocycles. The molecule has 0 amide bonds. The van der Waals surface area contributed by atoms with E-state index in [1.807, 2.05) is 35.7 Å². The molecular formula is C19H10ClN3O2S. The minimum Gasteiger partial charge on any atom is -0.804 e. The first-order valence-corrected chi connectivity index (χ1v) is 8.88. The Morgan fingerprint density at radius 3 is 2.50 bits per heavy atom. The molecule has 0 aliphatic heterocycles. The molecule has 0 unspecified atom stereocenters. The highest BCUT2D eigenvalue weighted by Gasteiger charge is 2.24. The summed E-state index contributed by atoms with van der Waals surface area (Å²) < 4.78 is 1.07. The lowest BCUT2D eigenvalue weighted by molar-refractivity contribution is -0.452. The fraction of sp³-hybridized carbons (Fsp3) is 0. The molecule has 4 rings (SSSR count). The summed E-state index contributed by atoms with van der Waals surface area (Å²) in [5, 5.41) is 24.4. The second-order valence-corrected chi connectivity index (χ2v) is 6.97. The Hall–Kier alpha value is -3.14. The van der Waals surface area contributed by atoms with Crippen molar-refractivity contribution in [3.8, 4) is 27.8 Å². The van der Waals surface area contributed by atoms with Crippen molar-refractivity contribution in [3.05, 3.63) is 80.8 Å². The molecule has 5 nitrogen and oxygen atoms in total. The number of thiophene rings is 1. The van der Waals surface area contributed by atoms with Gasteiger partial charge >= 0.3 is 5.69 Å². The third kappa shape index (κ3) is 2.54. The molecular weight excluding hydrogens is 370 g/mol. The van der Waals surface area contributed by atoms with E-state index >= 15 is 0 Å². The van der Waals surface area contributed by atoms with Crippen molar-refractivity contribution in [3.63, 3.8) is 0 Å². The van der Waals surface area contributed by atoms with Crippen molar-refractivity contribution in [2.45, 2.75) is 0 Å². The fourth-order valence-electron chi connectivity index (χ4n) is 2.85. The van der Waals surface area contributed by atoms with Crippen LogP contribution in [0.3, 0.4) is 0 Å². The SMILES string of the molecule is N#Cc1c(-c2ccc(-c3cccs3)cc2)[n+](=O)c2ccc(Cl)cc2n1[O-]. The summed E-state index contributed by atoms with van der Waals surface area (Å²) in [5.74, 6) is 0. The van der Waals surface area contributed by atoms with Crippen molar-refractivity contribution in [2.75, 3.05) is 0 Å². The Bertz CT molecular complexity index is 1220. The van der Waals surface area contributed by atoms with Crippen LogP contribution in [0.1, 0.15) is 5.69 Å². The van der Waals surface area contributed by atoms with E-state index in [2.05, 4.69) is 0 Å². The molecule has 0 N–H and O–H groups in total. The summed E-state index contributed by atoms with van der Waals surface area (Å²) in [4.78, 5) is 14.0. The van der Waals surface area contributed by atoms with Gasteiger partial charge < -0.3 is 9.94 Å². The van der Waals surface area contributed by atoms with Gasteiger partial charge in [0.05, 0.1) is 9.99 Å². The molecule has 0 spiro atoms. The lowest BCUT2D eigenvalue weighted by Crippen LogP contribution is -2.24. The van der Waals surface area contributed by atoms with E-state index in [9.17, 15) is 15.4 Å². The summed E-state index contributed by atoms with van der Waals surface area (Å²) in [6.45, 7) is 0. The van der Waals surface area contributed by atoms with E-state index in [4.69, 9.17) is 11.6 Å². The van der Waals surface area contributed by atoms with Crippen LogP contribution in [0.15, 0.2) is 60.0 Å². The molecule has 0 aliphatic rings. The van der Waals surface area contributed by atoms with Crippen LogP contribution >= 0.6 is 22.9 Å². The van der Waals surface area contributed by atoms with Crippen LogP contribution in [0, 0.1) is 21.4 Å². The van der Waals surface area contributed by atoms with Crippen molar-refractivity contribution < 1.29 is 4.43 Å². The van der Waals surface area contributed by atoms with Crippen molar-refractivity contribution in [1.82, 2.24) is 4.73 Å². The van der Waals surface area contributed by atoms with Gasteiger partial charge in [0.2, 0.25) is 0 Å². The molecule has 7 heteroatoms.